The molecule has 2 heterocycles. The van der Waals surface area contributed by atoms with Gasteiger partial charge in [0.05, 0.1) is 6.54 Å². The van der Waals surface area contributed by atoms with Crippen molar-refractivity contribution in [2.75, 3.05) is 23.7 Å². The van der Waals surface area contributed by atoms with Crippen LogP contribution in [0.15, 0.2) is 54.6 Å². The Balaban J connectivity index is 0.00000169. The highest BCUT2D eigenvalue weighted by Gasteiger charge is 2.53. The van der Waals surface area contributed by atoms with Crippen LogP contribution in [0.5, 0.6) is 0 Å². The van der Waals surface area contributed by atoms with Crippen LogP contribution >= 0.6 is 23.4 Å². The topological polar surface area (TPSA) is 26.5 Å². The minimum Gasteiger partial charge on any atom is -1.00 e. The predicted molar refractivity (Wildman–Crippen MR) is 96.3 cm³/mol. The number of thioether (sulfide) groups is 1. The van der Waals surface area contributed by atoms with E-state index in [2.05, 4.69) is 9.48 Å². The Hall–Kier alpha value is -1.01. The van der Waals surface area contributed by atoms with E-state index < -0.39 is 5.72 Å². The van der Waals surface area contributed by atoms with Crippen LogP contribution in [-0.2, 0) is 5.72 Å². The fraction of sp³-hybridized carbons (Fsp3) is 0.278. The first kappa shape index (κ1) is 17.8. The lowest BCUT2D eigenvalue weighted by atomic mass is 10.0. The standard InChI is InChI=1S/C18H18ClN2OS.BrH/c19-15-7-9-16(10-8-15)20-13-18(22,14-5-2-1-3-6-14)21-11-4-12-23-17(20)21;/h1-3,5-10,22H,4,11-13H2;1H/q+1;/p-1. The first-order chi connectivity index (χ1) is 11.2. The summed E-state index contributed by atoms with van der Waals surface area (Å²) < 4.78 is 2.14. The van der Waals surface area contributed by atoms with Gasteiger partial charge in [-0.3, -0.25) is 0 Å². The molecular formula is C18H18BrClN2OS. The van der Waals surface area contributed by atoms with E-state index in [4.69, 9.17) is 11.6 Å². The van der Waals surface area contributed by atoms with Gasteiger partial charge in [0.15, 0.2) is 6.54 Å². The molecule has 0 bridgehead atoms. The Morgan fingerprint density at radius 1 is 1.08 bits per heavy atom. The van der Waals surface area contributed by atoms with E-state index in [0.29, 0.717) is 6.54 Å². The van der Waals surface area contributed by atoms with Crippen LogP contribution in [0.4, 0.5) is 5.69 Å². The summed E-state index contributed by atoms with van der Waals surface area (Å²) in [6, 6.07) is 17.8. The van der Waals surface area contributed by atoms with E-state index in [0.717, 1.165) is 40.2 Å². The molecule has 0 fully saturated rings. The first-order valence-corrected chi connectivity index (χ1v) is 9.13. The molecule has 0 aromatic heterocycles. The Kier molecular flexibility index (Phi) is 5.25. The van der Waals surface area contributed by atoms with E-state index in [1.54, 1.807) is 0 Å². The third-order valence-corrected chi connectivity index (χ3v) is 5.86. The van der Waals surface area contributed by atoms with Crippen molar-refractivity contribution in [3.8, 4) is 0 Å². The quantitative estimate of drug-likeness (QED) is 0.711. The van der Waals surface area contributed by atoms with E-state index in [1.165, 1.54) is 0 Å². The SMILES string of the molecule is OC1(c2ccccc2)CN(c2ccc(Cl)cc2)C2=[N+]1CCCS2.[Br-]. The zero-order valence-electron chi connectivity index (χ0n) is 13.0. The second-order valence-electron chi connectivity index (χ2n) is 5.88. The van der Waals surface area contributed by atoms with E-state index >= 15 is 0 Å². The Morgan fingerprint density at radius 2 is 1.79 bits per heavy atom. The molecule has 2 aliphatic rings. The maximum Gasteiger partial charge on any atom is 0.316 e. The molecule has 0 radical (unpaired) electrons. The largest absolute Gasteiger partial charge is 1.00 e. The smallest absolute Gasteiger partial charge is 0.316 e. The lowest BCUT2D eigenvalue weighted by Crippen LogP contribution is -3.00. The molecule has 0 spiro atoms. The van der Waals surface area contributed by atoms with Gasteiger partial charge in [-0.2, -0.15) is 0 Å². The average Bonchev–Trinajstić information content (AvgIpc) is 2.91. The molecule has 24 heavy (non-hydrogen) atoms. The fourth-order valence-electron chi connectivity index (χ4n) is 3.27. The van der Waals surface area contributed by atoms with E-state index in [9.17, 15) is 5.11 Å². The summed E-state index contributed by atoms with van der Waals surface area (Å²) in [6.07, 6.45) is 1.08. The molecule has 4 rings (SSSR count). The number of aliphatic hydroxyl groups is 1. The van der Waals surface area contributed by atoms with Gasteiger partial charge < -0.3 is 22.1 Å². The summed E-state index contributed by atoms with van der Waals surface area (Å²) in [5.74, 6) is 1.08. The molecule has 2 aromatic carbocycles. The number of amidine groups is 1. The lowest BCUT2D eigenvalue weighted by molar-refractivity contribution is -0.656. The summed E-state index contributed by atoms with van der Waals surface area (Å²) in [5.41, 5.74) is 1.02. The number of hydrogen-bond acceptors (Lipinski definition) is 3. The zero-order valence-corrected chi connectivity index (χ0v) is 16.2. The molecule has 1 atom stereocenters. The van der Waals surface area contributed by atoms with Gasteiger partial charge in [0.2, 0.25) is 0 Å². The monoisotopic (exact) mass is 424 g/mol. The fourth-order valence-corrected chi connectivity index (χ4v) is 4.58. The van der Waals surface area contributed by atoms with Crippen LogP contribution in [0.3, 0.4) is 0 Å². The van der Waals surface area contributed by atoms with Crippen molar-refractivity contribution >= 4 is 34.2 Å². The number of hydrogen-bond donors (Lipinski definition) is 1. The normalized spacial score (nSPS) is 23.0. The maximum atomic E-state index is 11.5. The van der Waals surface area contributed by atoms with Crippen LogP contribution in [0, 0.1) is 0 Å². The molecule has 1 unspecified atom stereocenters. The second-order valence-corrected chi connectivity index (χ2v) is 7.38. The van der Waals surface area contributed by atoms with Crippen molar-refractivity contribution < 1.29 is 26.7 Å². The van der Waals surface area contributed by atoms with Crippen LogP contribution in [0.25, 0.3) is 0 Å². The van der Waals surface area contributed by atoms with Gasteiger partial charge >= 0.3 is 5.17 Å². The molecule has 2 aliphatic heterocycles. The molecular weight excluding hydrogens is 408 g/mol. The summed E-state index contributed by atoms with van der Waals surface area (Å²) in [6.45, 7) is 1.40. The van der Waals surface area contributed by atoms with Gasteiger partial charge in [-0.25, -0.2) is 9.48 Å². The van der Waals surface area contributed by atoms with E-state index in [-0.39, 0.29) is 17.0 Å². The van der Waals surface area contributed by atoms with Crippen LogP contribution in [-0.4, -0.2) is 33.7 Å². The predicted octanol–water partition coefficient (Wildman–Crippen LogP) is 0.515. The van der Waals surface area contributed by atoms with Crippen LogP contribution in [0.2, 0.25) is 5.02 Å². The molecule has 0 aliphatic carbocycles. The molecule has 126 valence electrons. The van der Waals surface area contributed by atoms with Crippen molar-refractivity contribution in [1.82, 2.24) is 0 Å². The Labute approximate surface area is 161 Å². The van der Waals surface area contributed by atoms with Crippen molar-refractivity contribution in [2.45, 2.75) is 12.1 Å². The molecule has 6 heteroatoms. The molecule has 3 nitrogen and oxygen atoms in total. The van der Waals surface area contributed by atoms with Gasteiger partial charge in [0, 0.05) is 16.3 Å². The Bertz CT molecular complexity index is 753. The van der Waals surface area contributed by atoms with Gasteiger partial charge in [-0.05, 0) is 42.4 Å². The number of β-amino-alcohol motifs (C(OH)–C–C–N with tert-alkyl or cyclic N) is 1. The van der Waals surface area contributed by atoms with Gasteiger partial charge in [0.1, 0.15) is 5.69 Å². The van der Waals surface area contributed by atoms with Gasteiger partial charge in [-0.1, -0.05) is 41.9 Å². The number of anilines is 1. The summed E-state index contributed by atoms with van der Waals surface area (Å²) >= 11 is 7.83. The summed E-state index contributed by atoms with van der Waals surface area (Å²) in [5, 5.41) is 13.3. The second kappa shape index (κ2) is 7.08. The minimum absolute atomic E-state index is 0. The van der Waals surface area contributed by atoms with Gasteiger partial charge in [0.25, 0.3) is 5.72 Å². The average molecular weight is 426 g/mol. The molecule has 0 saturated heterocycles. The number of rotatable bonds is 2. The maximum absolute atomic E-state index is 11.5. The van der Waals surface area contributed by atoms with Crippen molar-refractivity contribution in [2.24, 2.45) is 0 Å². The minimum atomic E-state index is -0.982. The Morgan fingerprint density at radius 3 is 2.50 bits per heavy atom. The first-order valence-electron chi connectivity index (χ1n) is 7.77. The lowest BCUT2D eigenvalue weighted by Gasteiger charge is -2.24. The molecule has 0 saturated carbocycles. The molecule has 2 aromatic rings. The zero-order chi connectivity index (χ0) is 15.9. The highest BCUT2D eigenvalue weighted by molar-refractivity contribution is 8.13. The van der Waals surface area contributed by atoms with E-state index in [1.807, 2.05) is 66.4 Å². The third-order valence-electron chi connectivity index (χ3n) is 4.42. The van der Waals surface area contributed by atoms with Crippen LogP contribution in [0.1, 0.15) is 12.0 Å². The third kappa shape index (κ3) is 2.99. The number of halogens is 2. The summed E-state index contributed by atoms with van der Waals surface area (Å²) in [4.78, 5) is 2.20. The highest BCUT2D eigenvalue weighted by atomic mass is 79.9. The number of benzene rings is 2. The van der Waals surface area contributed by atoms with Crippen molar-refractivity contribution in [1.29, 1.82) is 0 Å². The van der Waals surface area contributed by atoms with Crippen LogP contribution < -0.4 is 21.9 Å². The van der Waals surface area contributed by atoms with Crippen molar-refractivity contribution in [3.05, 3.63) is 65.2 Å². The van der Waals surface area contributed by atoms with Crippen molar-refractivity contribution in [3.63, 3.8) is 0 Å². The number of nitrogens with zero attached hydrogens (tertiary/aromatic N) is 2. The molecule has 1 N–H and O–H groups in total. The summed E-state index contributed by atoms with van der Waals surface area (Å²) in [7, 11) is 0. The molecule has 0 amide bonds. The van der Waals surface area contributed by atoms with Gasteiger partial charge in [-0.15, -0.1) is 0 Å². The highest BCUT2D eigenvalue weighted by Crippen LogP contribution is 2.37.